The summed E-state index contributed by atoms with van der Waals surface area (Å²) in [7, 11) is 0. The van der Waals surface area contributed by atoms with E-state index in [9.17, 15) is 9.59 Å². The van der Waals surface area contributed by atoms with Gasteiger partial charge in [0.15, 0.2) is 0 Å². The van der Waals surface area contributed by atoms with Crippen molar-refractivity contribution in [2.24, 2.45) is 5.92 Å². The van der Waals surface area contributed by atoms with Gasteiger partial charge in [-0.2, -0.15) is 0 Å². The highest BCUT2D eigenvalue weighted by Crippen LogP contribution is 2.30. The van der Waals surface area contributed by atoms with Crippen molar-refractivity contribution in [3.63, 3.8) is 0 Å². The highest BCUT2D eigenvalue weighted by atomic mass is 16.2. The van der Waals surface area contributed by atoms with Gasteiger partial charge in [-0.15, -0.1) is 0 Å². The van der Waals surface area contributed by atoms with Gasteiger partial charge in [-0.25, -0.2) is 4.79 Å². The smallest absolute Gasteiger partial charge is 0.322 e. The number of likely N-dealkylation sites (tertiary alicyclic amines) is 1. The number of hydrogen-bond acceptors (Lipinski definition) is 4. The first-order chi connectivity index (χ1) is 10.1. The topological polar surface area (TPSA) is 74.3 Å². The molecule has 6 nitrogen and oxygen atoms in total. The molecule has 2 saturated heterocycles. The van der Waals surface area contributed by atoms with Gasteiger partial charge in [0.1, 0.15) is 5.54 Å². The number of nitrogens with one attached hydrogen (secondary N) is 2. The van der Waals surface area contributed by atoms with Gasteiger partial charge in [0, 0.05) is 25.2 Å². The number of imide groups is 1. The Kier molecular flexibility index (Phi) is 3.63. The van der Waals surface area contributed by atoms with Crippen LogP contribution in [0.3, 0.4) is 0 Å². The largest absolute Gasteiger partial charge is 0.323 e. The molecule has 1 aromatic heterocycles. The monoisotopic (exact) mass is 288 g/mol. The molecule has 2 fully saturated rings. The number of pyridine rings is 1. The number of rotatable bonds is 3. The Morgan fingerprint density at radius 3 is 2.95 bits per heavy atom. The molecule has 0 spiro atoms. The summed E-state index contributed by atoms with van der Waals surface area (Å²) in [4.78, 5) is 30.1. The van der Waals surface area contributed by atoms with Crippen LogP contribution in [0.1, 0.15) is 25.5 Å². The van der Waals surface area contributed by atoms with E-state index in [-0.39, 0.29) is 17.9 Å². The maximum absolute atomic E-state index is 12.0. The Balaban J connectivity index is 1.68. The highest BCUT2D eigenvalue weighted by molar-refractivity contribution is 6.06. The van der Waals surface area contributed by atoms with Crippen LogP contribution in [0.15, 0.2) is 24.4 Å². The summed E-state index contributed by atoms with van der Waals surface area (Å²) in [5.41, 5.74) is 0.239. The zero-order valence-corrected chi connectivity index (χ0v) is 12.1. The van der Waals surface area contributed by atoms with E-state index in [2.05, 4.69) is 20.5 Å². The molecule has 0 aromatic carbocycles. The Bertz CT molecular complexity index is 548. The van der Waals surface area contributed by atoms with Crippen molar-refractivity contribution in [3.05, 3.63) is 30.1 Å². The van der Waals surface area contributed by atoms with Gasteiger partial charge in [-0.1, -0.05) is 6.07 Å². The third kappa shape index (κ3) is 2.76. The number of urea groups is 1. The molecule has 0 unspecified atom stereocenters. The molecule has 0 radical (unpaired) electrons. The van der Waals surface area contributed by atoms with Crippen LogP contribution < -0.4 is 10.6 Å². The Morgan fingerprint density at radius 1 is 1.43 bits per heavy atom. The second-order valence-corrected chi connectivity index (χ2v) is 6.01. The number of nitrogens with zero attached hydrogens (tertiary/aromatic N) is 2. The van der Waals surface area contributed by atoms with Gasteiger partial charge in [0.25, 0.3) is 5.91 Å². The van der Waals surface area contributed by atoms with E-state index in [4.69, 9.17) is 0 Å². The van der Waals surface area contributed by atoms with E-state index in [0.29, 0.717) is 0 Å². The fourth-order valence-corrected chi connectivity index (χ4v) is 3.24. The normalized spacial score (nSPS) is 30.0. The van der Waals surface area contributed by atoms with Gasteiger partial charge < -0.3 is 5.32 Å². The lowest BCUT2D eigenvalue weighted by molar-refractivity contribution is -0.126. The second-order valence-electron chi connectivity index (χ2n) is 6.01. The minimum absolute atomic E-state index is 0.126. The van der Waals surface area contributed by atoms with Gasteiger partial charge in [-0.3, -0.25) is 20.0 Å². The molecule has 3 heterocycles. The summed E-state index contributed by atoms with van der Waals surface area (Å²) in [6.07, 6.45) is 3.77. The van der Waals surface area contributed by atoms with Crippen molar-refractivity contribution in [1.82, 2.24) is 20.5 Å². The van der Waals surface area contributed by atoms with E-state index in [1.54, 1.807) is 6.20 Å². The molecule has 2 atom stereocenters. The fourth-order valence-electron chi connectivity index (χ4n) is 3.24. The van der Waals surface area contributed by atoms with Crippen LogP contribution in [0.25, 0.3) is 0 Å². The molecule has 2 N–H and O–H groups in total. The summed E-state index contributed by atoms with van der Waals surface area (Å²) in [6.45, 7) is 4.39. The lowest BCUT2D eigenvalue weighted by Gasteiger charge is -2.39. The zero-order valence-electron chi connectivity index (χ0n) is 12.1. The summed E-state index contributed by atoms with van der Waals surface area (Å²) in [5.74, 6) is -0.0846. The van der Waals surface area contributed by atoms with Gasteiger partial charge in [0.05, 0.1) is 5.69 Å². The van der Waals surface area contributed by atoms with Crippen LogP contribution in [0.2, 0.25) is 0 Å². The average Bonchev–Trinajstić information content (AvgIpc) is 2.74. The fraction of sp³-hybridized carbons (Fsp3) is 0.533. The maximum atomic E-state index is 12.0. The number of piperidine rings is 1. The standard InChI is InChI=1S/C15H20N4O2/c1-15(13(20)17-14(21)18-15)11-5-4-8-19(9-11)10-12-6-2-3-7-16-12/h2-3,6-7,11H,4-5,8-10H2,1H3,(H2,17,18,20,21)/t11-,15+/m1/s1. The molecule has 21 heavy (non-hydrogen) atoms. The van der Waals surface area contributed by atoms with Crippen LogP contribution in [-0.2, 0) is 11.3 Å². The molecule has 0 aliphatic carbocycles. The minimum atomic E-state index is -0.792. The van der Waals surface area contributed by atoms with E-state index < -0.39 is 5.54 Å². The second kappa shape index (κ2) is 5.44. The highest BCUT2D eigenvalue weighted by Gasteiger charge is 2.48. The predicted octanol–water partition coefficient (Wildman–Crippen LogP) is 0.892. The third-order valence-corrected chi connectivity index (χ3v) is 4.51. The van der Waals surface area contributed by atoms with Crippen LogP contribution in [0, 0.1) is 5.92 Å². The molecule has 112 valence electrons. The van der Waals surface area contributed by atoms with Crippen molar-refractivity contribution < 1.29 is 9.59 Å². The lowest BCUT2D eigenvalue weighted by atomic mass is 9.80. The maximum Gasteiger partial charge on any atom is 0.322 e. The van der Waals surface area contributed by atoms with E-state index in [1.165, 1.54) is 0 Å². The van der Waals surface area contributed by atoms with E-state index >= 15 is 0 Å². The number of carbonyl (C=O) groups excluding carboxylic acids is 2. The number of aromatic nitrogens is 1. The first-order valence-electron chi connectivity index (χ1n) is 7.34. The Hall–Kier alpha value is -1.95. The van der Waals surface area contributed by atoms with E-state index in [0.717, 1.165) is 38.2 Å². The zero-order chi connectivity index (χ0) is 14.9. The van der Waals surface area contributed by atoms with Gasteiger partial charge >= 0.3 is 6.03 Å². The van der Waals surface area contributed by atoms with Crippen molar-refractivity contribution in [2.75, 3.05) is 13.1 Å². The molecule has 1 aromatic rings. The Morgan fingerprint density at radius 2 is 2.29 bits per heavy atom. The number of hydrogen-bond donors (Lipinski definition) is 2. The summed E-state index contributed by atoms with van der Waals surface area (Å²) < 4.78 is 0. The third-order valence-electron chi connectivity index (χ3n) is 4.51. The van der Waals surface area contributed by atoms with Crippen LogP contribution >= 0.6 is 0 Å². The summed E-state index contributed by atoms with van der Waals surface area (Å²) >= 11 is 0. The minimum Gasteiger partial charge on any atom is -0.323 e. The number of carbonyl (C=O) groups is 2. The molecular formula is C15H20N4O2. The lowest BCUT2D eigenvalue weighted by Crippen LogP contribution is -2.55. The molecular weight excluding hydrogens is 268 g/mol. The SMILES string of the molecule is C[C@@]1([C@@H]2CCCN(Cc3ccccn3)C2)NC(=O)NC1=O. The molecule has 2 aliphatic rings. The van der Waals surface area contributed by atoms with Gasteiger partial charge in [0.2, 0.25) is 0 Å². The van der Waals surface area contributed by atoms with E-state index in [1.807, 2.05) is 25.1 Å². The molecule has 0 bridgehead atoms. The van der Waals surface area contributed by atoms with Crippen LogP contribution in [0.4, 0.5) is 4.79 Å². The van der Waals surface area contributed by atoms with Crippen LogP contribution in [-0.4, -0.2) is 40.5 Å². The molecule has 3 rings (SSSR count). The van der Waals surface area contributed by atoms with Crippen LogP contribution in [0.5, 0.6) is 0 Å². The first-order valence-corrected chi connectivity index (χ1v) is 7.34. The summed E-state index contributed by atoms with van der Waals surface area (Å²) in [5, 5.41) is 5.14. The quantitative estimate of drug-likeness (QED) is 0.810. The molecule has 3 amide bonds. The van der Waals surface area contributed by atoms with Crippen molar-refractivity contribution in [1.29, 1.82) is 0 Å². The molecule has 0 saturated carbocycles. The predicted molar refractivity (Wildman–Crippen MR) is 77.3 cm³/mol. The molecule has 6 heteroatoms. The van der Waals surface area contributed by atoms with Crippen molar-refractivity contribution in [2.45, 2.75) is 31.8 Å². The number of amides is 3. The molecule has 2 aliphatic heterocycles. The summed E-state index contributed by atoms with van der Waals surface area (Å²) in [6, 6.07) is 5.51. The van der Waals surface area contributed by atoms with Crippen molar-refractivity contribution >= 4 is 11.9 Å². The van der Waals surface area contributed by atoms with Crippen molar-refractivity contribution in [3.8, 4) is 0 Å². The average molecular weight is 288 g/mol. The Labute approximate surface area is 123 Å². The first kappa shape index (κ1) is 14.0. The van der Waals surface area contributed by atoms with Gasteiger partial charge in [-0.05, 0) is 38.4 Å².